The summed E-state index contributed by atoms with van der Waals surface area (Å²) < 4.78 is 0.618. The van der Waals surface area contributed by atoms with Crippen LogP contribution in [0.15, 0.2) is 22.7 Å². The first kappa shape index (κ1) is 14.5. The maximum absolute atomic E-state index is 12.2. The highest BCUT2D eigenvalue weighted by atomic mass is 79.9. The molecule has 1 aromatic rings. The Hall–Kier alpha value is -1.56. The van der Waals surface area contributed by atoms with E-state index in [1.807, 2.05) is 0 Å². The van der Waals surface area contributed by atoms with Crippen molar-refractivity contribution in [2.45, 2.75) is 19.9 Å². The van der Waals surface area contributed by atoms with Gasteiger partial charge in [0.05, 0.1) is 0 Å². The molecule has 0 aliphatic rings. The van der Waals surface area contributed by atoms with Gasteiger partial charge in [0.1, 0.15) is 6.54 Å². The topological polar surface area (TPSA) is 83.6 Å². The number of hydrogen-bond donors (Lipinski definition) is 2. The first-order chi connectivity index (χ1) is 8.32. The summed E-state index contributed by atoms with van der Waals surface area (Å²) in [6.07, 6.45) is 0. The molecule has 0 spiro atoms. The Morgan fingerprint density at radius 3 is 2.50 bits per heavy atom. The van der Waals surface area contributed by atoms with Crippen molar-refractivity contribution in [2.75, 3.05) is 12.3 Å². The van der Waals surface area contributed by atoms with Gasteiger partial charge in [0.25, 0.3) is 5.91 Å². The van der Waals surface area contributed by atoms with E-state index in [0.717, 1.165) is 0 Å². The number of anilines is 1. The van der Waals surface area contributed by atoms with E-state index in [-0.39, 0.29) is 18.5 Å². The fourth-order valence-electron chi connectivity index (χ4n) is 1.46. The number of nitrogens with zero attached hydrogens (tertiary/aromatic N) is 1. The van der Waals surface area contributed by atoms with Gasteiger partial charge in [-0.1, -0.05) is 0 Å². The number of nitrogen functional groups attached to an aromatic ring is 1. The summed E-state index contributed by atoms with van der Waals surface area (Å²) in [7, 11) is 0. The van der Waals surface area contributed by atoms with Crippen LogP contribution in [-0.2, 0) is 4.79 Å². The van der Waals surface area contributed by atoms with Gasteiger partial charge in [-0.3, -0.25) is 9.59 Å². The second-order valence-corrected chi connectivity index (χ2v) is 5.01. The zero-order valence-corrected chi connectivity index (χ0v) is 11.8. The van der Waals surface area contributed by atoms with Crippen LogP contribution in [0.2, 0.25) is 0 Å². The van der Waals surface area contributed by atoms with Crippen LogP contribution in [0.1, 0.15) is 24.2 Å². The zero-order valence-electron chi connectivity index (χ0n) is 10.2. The minimum atomic E-state index is -1.04. The van der Waals surface area contributed by atoms with Crippen molar-refractivity contribution in [3.63, 3.8) is 0 Å². The lowest BCUT2D eigenvalue weighted by atomic mass is 10.1. The van der Waals surface area contributed by atoms with Gasteiger partial charge >= 0.3 is 5.97 Å². The third-order valence-electron chi connectivity index (χ3n) is 2.44. The fourth-order valence-corrected chi connectivity index (χ4v) is 1.84. The Bertz CT molecular complexity index is 474. The van der Waals surface area contributed by atoms with Gasteiger partial charge in [-0.2, -0.15) is 0 Å². The van der Waals surface area contributed by atoms with Gasteiger partial charge in [0.15, 0.2) is 0 Å². The van der Waals surface area contributed by atoms with Crippen molar-refractivity contribution in [3.8, 4) is 0 Å². The molecular weight excluding hydrogens is 300 g/mol. The summed E-state index contributed by atoms with van der Waals surface area (Å²) >= 11 is 3.24. The second kappa shape index (κ2) is 5.86. The number of carboxylic acid groups (broad SMARTS) is 1. The number of hydrogen-bond acceptors (Lipinski definition) is 3. The smallest absolute Gasteiger partial charge is 0.323 e. The molecule has 3 N–H and O–H groups in total. The Balaban J connectivity index is 3.02. The minimum absolute atomic E-state index is 0.190. The van der Waals surface area contributed by atoms with Crippen molar-refractivity contribution in [2.24, 2.45) is 0 Å². The van der Waals surface area contributed by atoms with Crippen LogP contribution < -0.4 is 5.73 Å². The first-order valence-corrected chi connectivity index (χ1v) is 6.20. The Morgan fingerprint density at radius 1 is 1.44 bits per heavy atom. The van der Waals surface area contributed by atoms with Gasteiger partial charge in [-0.15, -0.1) is 0 Å². The van der Waals surface area contributed by atoms with Gasteiger partial charge in [-0.05, 0) is 48.0 Å². The molecule has 1 aromatic carbocycles. The zero-order chi connectivity index (χ0) is 13.9. The van der Waals surface area contributed by atoms with E-state index in [4.69, 9.17) is 10.8 Å². The predicted molar refractivity (Wildman–Crippen MR) is 72.4 cm³/mol. The molecule has 0 heterocycles. The molecule has 98 valence electrons. The molecule has 0 radical (unpaired) electrons. The van der Waals surface area contributed by atoms with Crippen LogP contribution in [0.25, 0.3) is 0 Å². The standard InChI is InChI=1S/C12H15BrN2O3/c1-7(2)15(6-11(16)17)12(18)8-3-4-10(14)9(13)5-8/h3-5,7H,6,14H2,1-2H3,(H,16,17). The largest absolute Gasteiger partial charge is 0.480 e. The number of halogens is 1. The number of carboxylic acids is 1. The highest BCUT2D eigenvalue weighted by molar-refractivity contribution is 9.10. The molecule has 0 bridgehead atoms. The van der Waals surface area contributed by atoms with Gasteiger partial charge in [-0.25, -0.2) is 0 Å². The lowest BCUT2D eigenvalue weighted by molar-refractivity contribution is -0.138. The quantitative estimate of drug-likeness (QED) is 0.832. The Morgan fingerprint density at radius 2 is 2.06 bits per heavy atom. The highest BCUT2D eigenvalue weighted by Crippen LogP contribution is 2.21. The van der Waals surface area contributed by atoms with Crippen molar-refractivity contribution < 1.29 is 14.7 Å². The number of carbonyl (C=O) groups is 2. The van der Waals surface area contributed by atoms with Crippen molar-refractivity contribution in [1.82, 2.24) is 4.90 Å². The Kier molecular flexibility index (Phi) is 4.72. The van der Waals surface area contributed by atoms with E-state index in [1.165, 1.54) is 4.90 Å². The molecule has 0 saturated carbocycles. The first-order valence-electron chi connectivity index (χ1n) is 5.40. The van der Waals surface area contributed by atoms with Crippen molar-refractivity contribution in [1.29, 1.82) is 0 Å². The molecule has 0 saturated heterocycles. The maximum atomic E-state index is 12.2. The summed E-state index contributed by atoms with van der Waals surface area (Å²) in [5.74, 6) is -1.36. The molecule has 0 fully saturated rings. The normalized spacial score (nSPS) is 10.4. The van der Waals surface area contributed by atoms with E-state index >= 15 is 0 Å². The van der Waals surface area contributed by atoms with Gasteiger partial charge in [0.2, 0.25) is 0 Å². The average molecular weight is 315 g/mol. The molecular formula is C12H15BrN2O3. The maximum Gasteiger partial charge on any atom is 0.323 e. The molecule has 0 aliphatic carbocycles. The van der Waals surface area contributed by atoms with E-state index < -0.39 is 5.97 Å². The molecule has 0 unspecified atom stereocenters. The van der Waals surface area contributed by atoms with Crippen LogP contribution in [0, 0.1) is 0 Å². The van der Waals surface area contributed by atoms with Crippen LogP contribution in [0.4, 0.5) is 5.69 Å². The molecule has 5 nitrogen and oxygen atoms in total. The van der Waals surface area contributed by atoms with Gasteiger partial charge in [0, 0.05) is 21.8 Å². The second-order valence-electron chi connectivity index (χ2n) is 4.16. The van der Waals surface area contributed by atoms with Crippen molar-refractivity contribution >= 4 is 33.5 Å². The number of rotatable bonds is 4. The molecule has 1 amide bonds. The van der Waals surface area contributed by atoms with E-state index in [9.17, 15) is 9.59 Å². The van der Waals surface area contributed by atoms with E-state index in [1.54, 1.807) is 32.0 Å². The van der Waals surface area contributed by atoms with Crippen LogP contribution >= 0.6 is 15.9 Å². The van der Waals surface area contributed by atoms with Gasteiger partial charge < -0.3 is 15.7 Å². The minimum Gasteiger partial charge on any atom is -0.480 e. The lowest BCUT2D eigenvalue weighted by Crippen LogP contribution is -2.40. The van der Waals surface area contributed by atoms with E-state index in [0.29, 0.717) is 15.7 Å². The third-order valence-corrected chi connectivity index (χ3v) is 3.12. The number of carbonyl (C=O) groups excluding carboxylic acids is 1. The van der Waals surface area contributed by atoms with Crippen molar-refractivity contribution in [3.05, 3.63) is 28.2 Å². The van der Waals surface area contributed by atoms with Crippen LogP contribution in [0.3, 0.4) is 0 Å². The third kappa shape index (κ3) is 3.46. The molecule has 6 heteroatoms. The summed E-state index contributed by atoms with van der Waals surface area (Å²) in [6, 6.07) is 4.59. The molecule has 0 aliphatic heterocycles. The number of aliphatic carboxylic acids is 1. The summed E-state index contributed by atoms with van der Waals surface area (Å²) in [4.78, 5) is 24.2. The van der Waals surface area contributed by atoms with Crippen LogP contribution in [-0.4, -0.2) is 34.5 Å². The lowest BCUT2D eigenvalue weighted by Gasteiger charge is -2.25. The van der Waals surface area contributed by atoms with Crippen LogP contribution in [0.5, 0.6) is 0 Å². The monoisotopic (exact) mass is 314 g/mol. The average Bonchev–Trinajstić information content (AvgIpc) is 2.28. The SMILES string of the molecule is CC(C)N(CC(=O)O)C(=O)c1ccc(N)c(Br)c1. The number of benzene rings is 1. The molecule has 18 heavy (non-hydrogen) atoms. The molecule has 0 aromatic heterocycles. The predicted octanol–water partition coefficient (Wildman–Crippen LogP) is 1.97. The highest BCUT2D eigenvalue weighted by Gasteiger charge is 2.21. The number of nitrogens with two attached hydrogens (primary N) is 1. The Labute approximate surface area is 114 Å². The molecule has 1 rings (SSSR count). The summed E-state index contributed by atoms with van der Waals surface area (Å²) in [5.41, 5.74) is 6.58. The molecule has 0 atom stereocenters. The fraction of sp³-hybridized carbons (Fsp3) is 0.333. The summed E-state index contributed by atoms with van der Waals surface area (Å²) in [6.45, 7) is 3.22. The van der Waals surface area contributed by atoms with E-state index in [2.05, 4.69) is 15.9 Å². The summed E-state index contributed by atoms with van der Waals surface area (Å²) in [5, 5.41) is 8.80. The number of amides is 1.